The zero-order valence-corrected chi connectivity index (χ0v) is 19.9. The summed E-state index contributed by atoms with van der Waals surface area (Å²) in [4.78, 5) is 25.2. The van der Waals surface area contributed by atoms with E-state index >= 15 is 0 Å². The van der Waals surface area contributed by atoms with Crippen molar-refractivity contribution in [2.75, 3.05) is 12.1 Å². The Hall–Kier alpha value is -4.52. The highest BCUT2D eigenvalue weighted by Gasteiger charge is 2.52. The normalized spacial score (nSPS) is 17.0. The lowest BCUT2D eigenvalue weighted by Gasteiger charge is -2.42. The molecule has 1 unspecified atom stereocenters. The molecule has 0 bridgehead atoms. The standard InChI is InChI=1S/C30H22F2N2O3/c1-33(34-12-11-28(36)29(27(34)17-35)37-18-19-7-3-2-4-8-19)30-22(13-20-9-5-6-10-23(20)30)14-21-15-25(31)26(32)16-24(21)30/h2-13,15-17H,14,18H2,1H3. The summed E-state index contributed by atoms with van der Waals surface area (Å²) in [6.45, 7) is 0.108. The van der Waals surface area contributed by atoms with Crippen molar-refractivity contribution < 1.29 is 18.3 Å². The Balaban J connectivity index is 1.53. The van der Waals surface area contributed by atoms with Crippen molar-refractivity contribution in [2.24, 2.45) is 0 Å². The molecule has 3 aromatic carbocycles. The maximum absolute atomic E-state index is 14.6. The first-order valence-electron chi connectivity index (χ1n) is 11.9. The fourth-order valence-corrected chi connectivity index (χ4v) is 5.68. The van der Waals surface area contributed by atoms with Gasteiger partial charge in [0.1, 0.15) is 17.8 Å². The molecular weight excluding hydrogens is 474 g/mol. The van der Waals surface area contributed by atoms with E-state index in [0.717, 1.165) is 22.3 Å². The van der Waals surface area contributed by atoms with E-state index in [1.165, 1.54) is 24.4 Å². The number of hydrogen-bond donors (Lipinski definition) is 0. The van der Waals surface area contributed by atoms with Crippen molar-refractivity contribution in [3.05, 3.63) is 140 Å². The minimum absolute atomic E-state index is 0.0278. The van der Waals surface area contributed by atoms with Gasteiger partial charge in [0.2, 0.25) is 5.43 Å². The minimum Gasteiger partial charge on any atom is -0.483 e. The molecule has 0 N–H and O–H groups in total. The largest absolute Gasteiger partial charge is 0.483 e. The van der Waals surface area contributed by atoms with Gasteiger partial charge in [-0.1, -0.05) is 60.7 Å². The van der Waals surface area contributed by atoms with Crippen LogP contribution in [0.25, 0.3) is 6.08 Å². The maximum Gasteiger partial charge on any atom is 0.224 e. The van der Waals surface area contributed by atoms with Crippen LogP contribution < -0.4 is 15.2 Å². The highest BCUT2D eigenvalue weighted by atomic mass is 19.2. The summed E-state index contributed by atoms with van der Waals surface area (Å²) < 4.78 is 36.3. The fraction of sp³-hybridized carbons (Fsp3) is 0.133. The summed E-state index contributed by atoms with van der Waals surface area (Å²) in [5, 5.41) is 1.80. The quantitative estimate of drug-likeness (QED) is 0.353. The smallest absolute Gasteiger partial charge is 0.224 e. The Morgan fingerprint density at radius 2 is 1.73 bits per heavy atom. The molecule has 2 aliphatic rings. The van der Waals surface area contributed by atoms with Crippen LogP contribution >= 0.6 is 0 Å². The van der Waals surface area contributed by atoms with E-state index in [4.69, 9.17) is 4.74 Å². The number of likely N-dealkylation sites (N-methyl/N-ethyl adjacent to an activating group) is 1. The molecule has 0 amide bonds. The van der Waals surface area contributed by atoms with Crippen molar-refractivity contribution in [3.8, 4) is 5.75 Å². The molecule has 0 fully saturated rings. The Morgan fingerprint density at radius 1 is 1.00 bits per heavy atom. The number of nitrogens with zero attached hydrogens (tertiary/aromatic N) is 2. The highest BCUT2D eigenvalue weighted by molar-refractivity contribution is 5.80. The van der Waals surface area contributed by atoms with E-state index in [2.05, 4.69) is 0 Å². The number of fused-ring (bicyclic) bond motifs is 5. The first-order chi connectivity index (χ1) is 17.9. The molecule has 5 nitrogen and oxygen atoms in total. The van der Waals surface area contributed by atoms with E-state index < -0.39 is 22.6 Å². The van der Waals surface area contributed by atoms with Crippen molar-refractivity contribution in [3.63, 3.8) is 0 Å². The van der Waals surface area contributed by atoms with Gasteiger partial charge in [-0.05, 0) is 51.9 Å². The molecule has 1 atom stereocenters. The first kappa shape index (κ1) is 22.9. The number of aldehydes is 1. The zero-order valence-electron chi connectivity index (χ0n) is 19.9. The van der Waals surface area contributed by atoms with Gasteiger partial charge in [0.25, 0.3) is 0 Å². The van der Waals surface area contributed by atoms with Crippen molar-refractivity contribution in [1.29, 1.82) is 0 Å². The SMILES string of the molecule is CN(n1ccc(=O)c(OCc2ccccc2)c1C=O)C12C(=Cc3ccccc31)Cc1cc(F)c(F)cc12. The van der Waals surface area contributed by atoms with Gasteiger partial charge in [-0.25, -0.2) is 8.78 Å². The highest BCUT2D eigenvalue weighted by Crippen LogP contribution is 2.54. The van der Waals surface area contributed by atoms with Crippen LogP contribution in [0.15, 0.2) is 89.4 Å². The average Bonchev–Trinajstić information content (AvgIpc) is 3.39. The molecule has 0 spiro atoms. The van der Waals surface area contributed by atoms with Crippen LogP contribution in [0.2, 0.25) is 0 Å². The lowest BCUT2D eigenvalue weighted by molar-refractivity contribution is 0.110. The van der Waals surface area contributed by atoms with E-state index in [1.807, 2.05) is 60.7 Å². The molecular formula is C30H22F2N2O3. The van der Waals surface area contributed by atoms with E-state index in [0.29, 0.717) is 23.8 Å². The molecule has 4 aromatic rings. The second-order valence-corrected chi connectivity index (χ2v) is 9.22. The predicted molar refractivity (Wildman–Crippen MR) is 136 cm³/mol. The molecule has 37 heavy (non-hydrogen) atoms. The molecule has 2 aliphatic carbocycles. The number of carbonyl (C=O) groups is 1. The molecule has 6 rings (SSSR count). The summed E-state index contributed by atoms with van der Waals surface area (Å²) in [6.07, 6.45) is 4.53. The molecule has 184 valence electrons. The third kappa shape index (κ3) is 3.34. The summed E-state index contributed by atoms with van der Waals surface area (Å²) in [5.74, 6) is -1.93. The van der Waals surface area contributed by atoms with Gasteiger partial charge in [-0.2, -0.15) is 0 Å². The molecule has 1 aromatic heterocycles. The number of rotatable bonds is 6. The summed E-state index contributed by atoms with van der Waals surface area (Å²) in [7, 11) is 1.77. The number of hydrogen-bond acceptors (Lipinski definition) is 4. The Kier molecular flexibility index (Phi) is 5.30. The van der Waals surface area contributed by atoms with Crippen molar-refractivity contribution in [1.82, 2.24) is 4.68 Å². The van der Waals surface area contributed by atoms with Gasteiger partial charge in [0, 0.05) is 19.3 Å². The van der Waals surface area contributed by atoms with Crippen LogP contribution in [-0.2, 0) is 18.6 Å². The van der Waals surface area contributed by atoms with Crippen LogP contribution in [0.5, 0.6) is 5.75 Å². The fourth-order valence-electron chi connectivity index (χ4n) is 5.68. The van der Waals surface area contributed by atoms with E-state index in [1.54, 1.807) is 16.7 Å². The minimum atomic E-state index is -1.01. The van der Waals surface area contributed by atoms with Gasteiger partial charge in [0.15, 0.2) is 23.7 Å². The maximum atomic E-state index is 14.6. The van der Waals surface area contributed by atoms with Crippen LogP contribution in [0, 0.1) is 11.6 Å². The monoisotopic (exact) mass is 496 g/mol. The second kappa shape index (κ2) is 8.55. The van der Waals surface area contributed by atoms with Crippen molar-refractivity contribution >= 4 is 12.4 Å². The number of halogens is 2. The van der Waals surface area contributed by atoms with Gasteiger partial charge in [-0.3, -0.25) is 19.3 Å². The number of benzene rings is 3. The Labute approximate surface area is 211 Å². The van der Waals surface area contributed by atoms with Crippen molar-refractivity contribution in [2.45, 2.75) is 18.6 Å². The molecule has 0 saturated heterocycles. The average molecular weight is 497 g/mol. The van der Waals surface area contributed by atoms with Gasteiger partial charge < -0.3 is 4.74 Å². The molecule has 0 aliphatic heterocycles. The molecule has 7 heteroatoms. The van der Waals surface area contributed by atoms with E-state index in [-0.39, 0.29) is 18.1 Å². The lowest BCUT2D eigenvalue weighted by Crippen LogP contribution is -2.51. The van der Waals surface area contributed by atoms with Crippen LogP contribution in [-0.4, -0.2) is 18.0 Å². The topological polar surface area (TPSA) is 51.5 Å². The molecule has 0 saturated carbocycles. The number of pyridine rings is 1. The zero-order chi connectivity index (χ0) is 25.7. The number of carbonyl (C=O) groups excluding carboxylic acids is 1. The number of ether oxygens (including phenoxy) is 1. The van der Waals surface area contributed by atoms with Crippen LogP contribution in [0.3, 0.4) is 0 Å². The summed E-state index contributed by atoms with van der Waals surface area (Å²) >= 11 is 0. The van der Waals surface area contributed by atoms with Crippen LogP contribution in [0.1, 0.15) is 38.3 Å². The van der Waals surface area contributed by atoms with Gasteiger partial charge >= 0.3 is 0 Å². The van der Waals surface area contributed by atoms with Gasteiger partial charge in [-0.15, -0.1) is 0 Å². The summed E-state index contributed by atoms with van der Waals surface area (Å²) in [5.41, 5.74) is 3.44. The summed E-state index contributed by atoms with van der Waals surface area (Å²) in [6, 6.07) is 20.9. The third-order valence-corrected chi connectivity index (χ3v) is 7.28. The molecule has 0 radical (unpaired) electrons. The van der Waals surface area contributed by atoms with Crippen LogP contribution in [0.4, 0.5) is 8.78 Å². The number of aromatic nitrogens is 1. The Morgan fingerprint density at radius 3 is 2.51 bits per heavy atom. The van der Waals surface area contributed by atoms with Gasteiger partial charge in [0.05, 0.1) is 0 Å². The first-order valence-corrected chi connectivity index (χ1v) is 11.9. The third-order valence-electron chi connectivity index (χ3n) is 7.28. The predicted octanol–water partition coefficient (Wildman–Crippen LogP) is 4.98. The molecule has 1 heterocycles. The Bertz CT molecular complexity index is 1640. The van der Waals surface area contributed by atoms with E-state index in [9.17, 15) is 18.4 Å². The lowest BCUT2D eigenvalue weighted by atomic mass is 9.83. The second-order valence-electron chi connectivity index (χ2n) is 9.22.